The van der Waals surface area contributed by atoms with E-state index in [-0.39, 0.29) is 11.8 Å². The number of hydrogen-bond acceptors (Lipinski definition) is 5. The maximum atomic E-state index is 12.9. The van der Waals surface area contributed by atoms with Crippen molar-refractivity contribution in [3.05, 3.63) is 83.9 Å². The van der Waals surface area contributed by atoms with E-state index < -0.39 is 5.25 Å². The number of amides is 2. The largest absolute Gasteiger partial charge is 0.326 e. The molecule has 2 amide bonds. The predicted molar refractivity (Wildman–Crippen MR) is 136 cm³/mol. The quantitative estimate of drug-likeness (QED) is 0.325. The molecule has 1 atom stereocenters. The van der Waals surface area contributed by atoms with Crippen LogP contribution < -0.4 is 10.6 Å². The number of para-hydroxylation sites is 1. The molecule has 3 aromatic carbocycles. The van der Waals surface area contributed by atoms with Gasteiger partial charge in [-0.05, 0) is 67.6 Å². The fraction of sp³-hybridized carbons (Fsp3) is 0.120. The van der Waals surface area contributed by atoms with Crippen molar-refractivity contribution < 1.29 is 9.59 Å². The monoisotopic (exact) mass is 491 g/mol. The lowest BCUT2D eigenvalue weighted by atomic mass is 10.2. The van der Waals surface area contributed by atoms with E-state index in [4.69, 9.17) is 11.6 Å². The maximum Gasteiger partial charge on any atom is 0.237 e. The van der Waals surface area contributed by atoms with Crippen LogP contribution in [0.5, 0.6) is 0 Å². The summed E-state index contributed by atoms with van der Waals surface area (Å²) in [4.78, 5) is 24.0. The minimum Gasteiger partial charge on any atom is -0.326 e. The van der Waals surface area contributed by atoms with Crippen LogP contribution in [0.1, 0.15) is 13.8 Å². The normalized spacial score (nSPS) is 11.6. The van der Waals surface area contributed by atoms with Gasteiger partial charge < -0.3 is 10.6 Å². The molecule has 0 radical (unpaired) electrons. The highest BCUT2D eigenvalue weighted by molar-refractivity contribution is 8.00. The molecular weight excluding hydrogens is 470 g/mol. The van der Waals surface area contributed by atoms with Crippen LogP contribution in [0.25, 0.3) is 17.1 Å². The molecule has 0 aliphatic carbocycles. The van der Waals surface area contributed by atoms with Crippen LogP contribution >= 0.6 is 23.4 Å². The molecular formula is C25H22ClN5O2S. The third-order valence-corrected chi connectivity index (χ3v) is 6.17. The van der Waals surface area contributed by atoms with Gasteiger partial charge in [0.2, 0.25) is 11.8 Å². The number of rotatable bonds is 7. The van der Waals surface area contributed by atoms with Crippen molar-refractivity contribution in [2.45, 2.75) is 24.3 Å². The Kier molecular flexibility index (Phi) is 7.30. The van der Waals surface area contributed by atoms with Crippen molar-refractivity contribution in [3.8, 4) is 17.1 Å². The van der Waals surface area contributed by atoms with Gasteiger partial charge in [0.1, 0.15) is 0 Å². The number of carbonyl (C=O) groups is 2. The van der Waals surface area contributed by atoms with Crippen LogP contribution in [0.2, 0.25) is 5.02 Å². The number of thioether (sulfide) groups is 1. The van der Waals surface area contributed by atoms with Crippen molar-refractivity contribution >= 4 is 46.6 Å². The van der Waals surface area contributed by atoms with Gasteiger partial charge in [-0.25, -0.2) is 0 Å². The topological polar surface area (TPSA) is 88.9 Å². The summed E-state index contributed by atoms with van der Waals surface area (Å²) < 4.78 is 1.93. The van der Waals surface area contributed by atoms with Crippen LogP contribution in [0.15, 0.2) is 84.0 Å². The molecule has 1 aromatic heterocycles. The van der Waals surface area contributed by atoms with Gasteiger partial charge in [-0.1, -0.05) is 41.6 Å². The second-order valence-corrected chi connectivity index (χ2v) is 9.24. The third kappa shape index (κ3) is 5.65. The standard InChI is InChI=1S/C25H22ClN5O2S/c1-16(24(33)28-21-14-12-20(13-15-21)27-17(2)32)34-25-30-29-23(18-8-10-19(26)11-9-18)31(25)22-6-4-3-5-7-22/h3-16H,1-2H3,(H,27,32)(H,28,33). The smallest absolute Gasteiger partial charge is 0.237 e. The average molecular weight is 492 g/mol. The van der Waals surface area contributed by atoms with Crippen LogP contribution in [0.4, 0.5) is 11.4 Å². The fourth-order valence-electron chi connectivity index (χ4n) is 3.24. The first-order valence-electron chi connectivity index (χ1n) is 10.5. The second kappa shape index (κ2) is 10.5. The van der Waals surface area contributed by atoms with E-state index in [9.17, 15) is 9.59 Å². The van der Waals surface area contributed by atoms with Crippen LogP contribution in [0.3, 0.4) is 0 Å². The van der Waals surface area contributed by atoms with Crippen LogP contribution in [-0.2, 0) is 9.59 Å². The molecule has 0 spiro atoms. The minimum absolute atomic E-state index is 0.151. The Bertz CT molecular complexity index is 1290. The maximum absolute atomic E-state index is 12.9. The van der Waals surface area contributed by atoms with Crippen molar-refractivity contribution in [2.24, 2.45) is 0 Å². The lowest BCUT2D eigenvalue weighted by Crippen LogP contribution is -2.23. The Balaban J connectivity index is 1.55. The van der Waals surface area contributed by atoms with Gasteiger partial charge in [0.15, 0.2) is 11.0 Å². The number of nitrogens with zero attached hydrogens (tertiary/aromatic N) is 3. The van der Waals surface area contributed by atoms with Gasteiger partial charge in [0.25, 0.3) is 0 Å². The first kappa shape index (κ1) is 23.5. The lowest BCUT2D eigenvalue weighted by Gasteiger charge is -2.14. The molecule has 4 aromatic rings. The van der Waals surface area contributed by atoms with Gasteiger partial charge in [0.05, 0.1) is 5.25 Å². The molecule has 2 N–H and O–H groups in total. The summed E-state index contributed by atoms with van der Waals surface area (Å²) in [5.41, 5.74) is 3.06. The molecule has 0 saturated carbocycles. The van der Waals surface area contributed by atoms with E-state index in [0.717, 1.165) is 11.3 Å². The Morgan fingerprint density at radius 1 is 0.882 bits per heavy atom. The molecule has 0 saturated heterocycles. The highest BCUT2D eigenvalue weighted by Gasteiger charge is 2.22. The van der Waals surface area contributed by atoms with Crippen LogP contribution in [-0.4, -0.2) is 31.8 Å². The summed E-state index contributed by atoms with van der Waals surface area (Å²) in [5, 5.41) is 15.2. The van der Waals surface area contributed by atoms with Crippen molar-refractivity contribution in [3.63, 3.8) is 0 Å². The van der Waals surface area contributed by atoms with E-state index >= 15 is 0 Å². The second-order valence-electron chi connectivity index (χ2n) is 7.49. The molecule has 0 bridgehead atoms. The Morgan fingerprint density at radius 3 is 2.12 bits per heavy atom. The number of carbonyl (C=O) groups excluding carboxylic acids is 2. The molecule has 172 valence electrons. The summed E-state index contributed by atoms with van der Waals surface area (Å²) in [7, 11) is 0. The summed E-state index contributed by atoms with van der Waals surface area (Å²) >= 11 is 7.37. The Labute approximate surface area is 206 Å². The number of hydrogen-bond donors (Lipinski definition) is 2. The zero-order valence-corrected chi connectivity index (χ0v) is 20.1. The zero-order valence-electron chi connectivity index (χ0n) is 18.5. The highest BCUT2D eigenvalue weighted by atomic mass is 35.5. The molecule has 7 nitrogen and oxygen atoms in total. The molecule has 34 heavy (non-hydrogen) atoms. The molecule has 9 heteroatoms. The van der Waals surface area contributed by atoms with Gasteiger partial charge >= 0.3 is 0 Å². The molecule has 1 heterocycles. The van der Waals surface area contributed by atoms with E-state index in [1.807, 2.05) is 54.0 Å². The molecule has 4 rings (SSSR count). The number of benzene rings is 3. The van der Waals surface area contributed by atoms with Gasteiger partial charge in [-0.15, -0.1) is 10.2 Å². The number of anilines is 2. The van der Waals surface area contributed by atoms with Crippen molar-refractivity contribution in [1.29, 1.82) is 0 Å². The van der Waals surface area contributed by atoms with E-state index in [1.54, 1.807) is 36.4 Å². The predicted octanol–water partition coefficient (Wildman–Crippen LogP) is 5.67. The molecule has 0 aliphatic heterocycles. The Hall–Kier alpha value is -3.62. The van der Waals surface area contributed by atoms with Gasteiger partial charge in [-0.3, -0.25) is 14.2 Å². The number of aromatic nitrogens is 3. The third-order valence-electron chi connectivity index (χ3n) is 4.87. The minimum atomic E-state index is -0.445. The summed E-state index contributed by atoms with van der Waals surface area (Å²) in [6, 6.07) is 24.1. The van der Waals surface area contributed by atoms with Gasteiger partial charge in [0, 0.05) is 34.6 Å². The number of nitrogens with one attached hydrogen (secondary N) is 2. The highest BCUT2D eigenvalue weighted by Crippen LogP contribution is 2.31. The van der Waals surface area contributed by atoms with Crippen molar-refractivity contribution in [2.75, 3.05) is 10.6 Å². The first-order chi connectivity index (χ1) is 16.4. The SMILES string of the molecule is CC(=O)Nc1ccc(NC(=O)C(C)Sc2nnc(-c3ccc(Cl)cc3)n2-c2ccccc2)cc1. The molecule has 1 unspecified atom stereocenters. The Morgan fingerprint density at radius 2 is 1.50 bits per heavy atom. The summed E-state index contributed by atoms with van der Waals surface area (Å²) in [6.45, 7) is 3.26. The van der Waals surface area contributed by atoms with Crippen molar-refractivity contribution in [1.82, 2.24) is 14.8 Å². The number of halogens is 1. The first-order valence-corrected chi connectivity index (χ1v) is 11.8. The lowest BCUT2D eigenvalue weighted by molar-refractivity contribution is -0.115. The zero-order chi connectivity index (χ0) is 24.1. The molecule has 0 aliphatic rings. The summed E-state index contributed by atoms with van der Waals surface area (Å²) in [6.07, 6.45) is 0. The molecule has 0 fully saturated rings. The van der Waals surface area contributed by atoms with E-state index in [1.165, 1.54) is 18.7 Å². The van der Waals surface area contributed by atoms with Crippen LogP contribution in [0, 0.1) is 0 Å². The van der Waals surface area contributed by atoms with Gasteiger partial charge in [-0.2, -0.15) is 0 Å². The fourth-order valence-corrected chi connectivity index (χ4v) is 4.23. The summed E-state index contributed by atoms with van der Waals surface area (Å²) in [5.74, 6) is 0.335. The van der Waals surface area contributed by atoms with E-state index in [0.29, 0.717) is 27.4 Å². The average Bonchev–Trinajstić information content (AvgIpc) is 3.24. The van der Waals surface area contributed by atoms with E-state index in [2.05, 4.69) is 20.8 Å².